The number of benzene rings is 2. The molecule has 8 heteroatoms. The molecule has 3 aromatic rings. The molecule has 4 rings (SSSR count). The first-order valence-corrected chi connectivity index (χ1v) is 8.89. The molecule has 8 nitrogen and oxygen atoms in total. The van der Waals surface area contributed by atoms with Crippen LogP contribution in [0.15, 0.2) is 48.5 Å². The molecule has 0 aliphatic carbocycles. The predicted octanol–water partition coefficient (Wildman–Crippen LogP) is 1.83. The van der Waals surface area contributed by atoms with E-state index < -0.39 is 11.9 Å². The number of nitrogens with zero attached hydrogens (tertiary/aromatic N) is 2. The number of nitrogens with one attached hydrogen (secondary N) is 3. The minimum atomic E-state index is -0.848. The molecule has 0 bridgehead atoms. The van der Waals surface area contributed by atoms with Gasteiger partial charge in [-0.05, 0) is 24.6 Å². The number of hydrogen-bond acceptors (Lipinski definition) is 5. The molecule has 0 saturated heterocycles. The average molecular weight is 377 g/mol. The van der Waals surface area contributed by atoms with Gasteiger partial charge in [-0.15, -0.1) is 5.10 Å². The van der Waals surface area contributed by atoms with Gasteiger partial charge in [0.25, 0.3) is 11.8 Å². The number of aromatic nitrogens is 3. The first-order chi connectivity index (χ1) is 13.6. The zero-order valence-electron chi connectivity index (χ0n) is 15.2. The molecule has 0 fully saturated rings. The Balaban J connectivity index is 1.41. The number of anilines is 1. The zero-order chi connectivity index (χ0) is 19.5. The third-order valence-corrected chi connectivity index (χ3v) is 4.40. The second-order valence-corrected chi connectivity index (χ2v) is 6.59. The van der Waals surface area contributed by atoms with Crippen molar-refractivity contribution in [2.75, 3.05) is 11.9 Å². The molecule has 1 aliphatic heterocycles. The van der Waals surface area contributed by atoms with Crippen molar-refractivity contribution in [3.05, 3.63) is 71.3 Å². The van der Waals surface area contributed by atoms with Gasteiger partial charge in [0.15, 0.2) is 0 Å². The van der Waals surface area contributed by atoms with Crippen LogP contribution in [-0.2, 0) is 11.2 Å². The Morgan fingerprint density at radius 2 is 2.00 bits per heavy atom. The van der Waals surface area contributed by atoms with E-state index in [-0.39, 0.29) is 18.3 Å². The molecule has 1 aliphatic rings. The van der Waals surface area contributed by atoms with Crippen molar-refractivity contribution >= 4 is 17.5 Å². The first-order valence-electron chi connectivity index (χ1n) is 8.89. The molecule has 3 N–H and O–H groups in total. The Morgan fingerprint density at radius 1 is 1.21 bits per heavy atom. The molecule has 2 amide bonds. The summed E-state index contributed by atoms with van der Waals surface area (Å²) in [6, 6.07) is 14.3. The summed E-state index contributed by atoms with van der Waals surface area (Å²) < 4.78 is 5.62. The van der Waals surface area contributed by atoms with Crippen LogP contribution in [0, 0.1) is 6.92 Å². The number of H-pyrrole nitrogens is 1. The van der Waals surface area contributed by atoms with Gasteiger partial charge < -0.3 is 15.4 Å². The summed E-state index contributed by atoms with van der Waals surface area (Å²) in [5, 5.41) is 12.1. The normalized spacial score (nSPS) is 15.8. The van der Waals surface area contributed by atoms with Gasteiger partial charge in [-0.1, -0.05) is 42.0 Å². The highest BCUT2D eigenvalue weighted by atomic mass is 16.5. The Hall–Kier alpha value is -3.68. The highest BCUT2D eigenvalue weighted by molar-refractivity contribution is 6.01. The third-order valence-electron chi connectivity index (χ3n) is 4.40. The van der Waals surface area contributed by atoms with Gasteiger partial charge in [0, 0.05) is 6.42 Å². The Kier molecular flexibility index (Phi) is 4.76. The number of fused-ring (bicyclic) bond motifs is 1. The van der Waals surface area contributed by atoms with Crippen LogP contribution in [0.25, 0.3) is 0 Å². The van der Waals surface area contributed by atoms with E-state index in [2.05, 4.69) is 25.8 Å². The van der Waals surface area contributed by atoms with Crippen LogP contribution in [-0.4, -0.2) is 39.6 Å². The third kappa shape index (κ3) is 3.85. The van der Waals surface area contributed by atoms with E-state index >= 15 is 0 Å². The summed E-state index contributed by atoms with van der Waals surface area (Å²) in [6.07, 6.45) is 0.531. The lowest BCUT2D eigenvalue weighted by molar-refractivity contribution is -0.118. The van der Waals surface area contributed by atoms with Crippen molar-refractivity contribution in [2.24, 2.45) is 0 Å². The summed E-state index contributed by atoms with van der Waals surface area (Å²) in [5.41, 5.74) is 2.80. The van der Waals surface area contributed by atoms with Gasteiger partial charge in [0.1, 0.15) is 24.2 Å². The number of amides is 2. The van der Waals surface area contributed by atoms with Crippen LogP contribution >= 0.6 is 0 Å². The number of carbonyl (C=O) groups excluding carboxylic acids is 2. The maximum Gasteiger partial charge on any atom is 0.291 e. The summed E-state index contributed by atoms with van der Waals surface area (Å²) in [5.74, 6) is 0.223. The van der Waals surface area contributed by atoms with Gasteiger partial charge in [-0.3, -0.25) is 14.7 Å². The number of carbonyl (C=O) groups is 2. The van der Waals surface area contributed by atoms with Crippen molar-refractivity contribution in [1.29, 1.82) is 0 Å². The lowest BCUT2D eigenvalue weighted by atomic mass is 10.1. The lowest BCUT2D eigenvalue weighted by Gasteiger charge is -2.13. The van der Waals surface area contributed by atoms with Crippen molar-refractivity contribution in [2.45, 2.75) is 19.4 Å². The zero-order valence-corrected chi connectivity index (χ0v) is 15.2. The molecular formula is C20H19N5O3. The van der Waals surface area contributed by atoms with Crippen molar-refractivity contribution in [3.8, 4) is 5.75 Å². The lowest BCUT2D eigenvalue weighted by Crippen LogP contribution is -2.46. The minimum Gasteiger partial charge on any atom is -0.489 e. The van der Waals surface area contributed by atoms with Gasteiger partial charge in [0.05, 0.1) is 5.69 Å². The summed E-state index contributed by atoms with van der Waals surface area (Å²) in [4.78, 5) is 29.1. The molecule has 2 aromatic carbocycles. The molecule has 142 valence electrons. The topological polar surface area (TPSA) is 109 Å². The standard InChI is InChI=1S/C20H19N5O3/c1-12-6-8-13(9-7-12)10-17-23-18(25-24-17)20(27)22-15-11-28-16-5-3-2-4-14(16)21-19(15)26/h2-9,15H,10-11H2,1H3,(H,21,26)(H,22,27)(H,23,24,25)/t15-/m0/s1. The number of aromatic amines is 1. The first kappa shape index (κ1) is 17.7. The highest BCUT2D eigenvalue weighted by Gasteiger charge is 2.27. The molecule has 1 atom stereocenters. The Labute approximate surface area is 161 Å². The van der Waals surface area contributed by atoms with Crippen LogP contribution in [0.5, 0.6) is 5.75 Å². The monoisotopic (exact) mass is 377 g/mol. The van der Waals surface area contributed by atoms with Crippen LogP contribution in [0.4, 0.5) is 5.69 Å². The molecule has 28 heavy (non-hydrogen) atoms. The molecule has 1 aromatic heterocycles. The Morgan fingerprint density at radius 3 is 2.82 bits per heavy atom. The van der Waals surface area contributed by atoms with Gasteiger partial charge in [0.2, 0.25) is 5.82 Å². The van der Waals surface area contributed by atoms with Crippen molar-refractivity contribution in [3.63, 3.8) is 0 Å². The second-order valence-electron chi connectivity index (χ2n) is 6.59. The van der Waals surface area contributed by atoms with Crippen LogP contribution in [0.1, 0.15) is 27.6 Å². The molecular weight excluding hydrogens is 358 g/mol. The Bertz CT molecular complexity index is 1010. The fourth-order valence-corrected chi connectivity index (χ4v) is 2.87. The fourth-order valence-electron chi connectivity index (χ4n) is 2.87. The van der Waals surface area contributed by atoms with E-state index in [1.807, 2.05) is 37.3 Å². The SMILES string of the molecule is Cc1ccc(Cc2nc(C(=O)N[C@H]3COc4ccccc4NC3=O)n[nH]2)cc1. The molecule has 0 spiro atoms. The predicted molar refractivity (Wildman–Crippen MR) is 102 cm³/mol. The summed E-state index contributed by atoms with van der Waals surface area (Å²) >= 11 is 0. The number of para-hydroxylation sites is 2. The van der Waals surface area contributed by atoms with E-state index in [1.54, 1.807) is 18.2 Å². The number of rotatable bonds is 4. The van der Waals surface area contributed by atoms with Gasteiger partial charge in [-0.2, -0.15) is 0 Å². The highest BCUT2D eigenvalue weighted by Crippen LogP contribution is 2.26. The number of aryl methyl sites for hydroxylation is 1. The molecule has 2 heterocycles. The van der Waals surface area contributed by atoms with Crippen LogP contribution in [0.2, 0.25) is 0 Å². The fraction of sp³-hybridized carbons (Fsp3) is 0.200. The maximum absolute atomic E-state index is 12.5. The van der Waals surface area contributed by atoms with E-state index in [1.165, 1.54) is 5.56 Å². The van der Waals surface area contributed by atoms with E-state index in [4.69, 9.17) is 4.74 Å². The summed E-state index contributed by atoms with van der Waals surface area (Å²) in [6.45, 7) is 2.04. The van der Waals surface area contributed by atoms with Crippen LogP contribution in [0.3, 0.4) is 0 Å². The largest absolute Gasteiger partial charge is 0.489 e. The number of ether oxygens (including phenoxy) is 1. The van der Waals surface area contributed by atoms with Crippen molar-refractivity contribution < 1.29 is 14.3 Å². The second kappa shape index (κ2) is 7.51. The van der Waals surface area contributed by atoms with E-state index in [0.29, 0.717) is 23.7 Å². The quantitative estimate of drug-likeness (QED) is 0.643. The van der Waals surface area contributed by atoms with E-state index in [9.17, 15) is 9.59 Å². The van der Waals surface area contributed by atoms with Crippen molar-refractivity contribution in [1.82, 2.24) is 20.5 Å². The smallest absolute Gasteiger partial charge is 0.291 e. The van der Waals surface area contributed by atoms with Crippen LogP contribution < -0.4 is 15.4 Å². The van der Waals surface area contributed by atoms with E-state index in [0.717, 1.165) is 5.56 Å². The average Bonchev–Trinajstić information content (AvgIpc) is 3.10. The molecule has 0 saturated carbocycles. The molecule has 0 unspecified atom stereocenters. The van der Waals surface area contributed by atoms with Gasteiger partial charge >= 0.3 is 0 Å². The minimum absolute atomic E-state index is 0.0170. The molecule has 0 radical (unpaired) electrons. The van der Waals surface area contributed by atoms with Gasteiger partial charge in [-0.25, -0.2) is 4.98 Å². The maximum atomic E-state index is 12.5. The summed E-state index contributed by atoms with van der Waals surface area (Å²) in [7, 11) is 0. The number of hydrogen-bond donors (Lipinski definition) is 3.